The average molecular weight is 784 g/mol. The van der Waals surface area contributed by atoms with Crippen LogP contribution in [0.3, 0.4) is 0 Å². The maximum Gasteiger partial charge on any atom is 0.189 e. The minimum Gasteiger partial charge on any atom is -0.358 e. The first-order valence-corrected chi connectivity index (χ1v) is 22.4. The second-order valence-corrected chi connectivity index (χ2v) is 15.7. The van der Waals surface area contributed by atoms with Crippen LogP contribution in [-0.4, -0.2) is 15.0 Å². The molecule has 3 N–H and O–H groups in total. The molecule has 3 aromatic carbocycles. The fourth-order valence-electron chi connectivity index (χ4n) is 7.35. The molecule has 0 atom stereocenters. The van der Waals surface area contributed by atoms with Crippen LogP contribution < -0.4 is 16.3 Å². The van der Waals surface area contributed by atoms with Crippen molar-refractivity contribution in [2.24, 2.45) is 0 Å². The second-order valence-electron chi connectivity index (χ2n) is 15.7. The molecule has 3 aromatic heterocycles. The highest BCUT2D eigenvalue weighted by Gasteiger charge is 2.03. The number of hydrogen-bond donors (Lipinski definition) is 3. The van der Waals surface area contributed by atoms with Crippen LogP contribution in [-0.2, 0) is 12.8 Å². The Hall–Kier alpha value is -4.97. The maximum absolute atomic E-state index is 12.0. The minimum atomic E-state index is 0.0851. The Morgan fingerprint density at radius 2 is 0.776 bits per heavy atom. The number of aryl methyl sites for hydroxylation is 2. The van der Waals surface area contributed by atoms with E-state index in [-0.39, 0.29) is 16.3 Å². The van der Waals surface area contributed by atoms with Crippen LogP contribution in [0.25, 0.3) is 38.8 Å². The normalized spacial score (nSPS) is 11.2. The van der Waals surface area contributed by atoms with Crippen molar-refractivity contribution in [1.29, 1.82) is 0 Å². The van der Waals surface area contributed by atoms with Crippen LogP contribution in [0.15, 0.2) is 111 Å². The van der Waals surface area contributed by atoms with Gasteiger partial charge in [-0.15, -0.1) is 0 Å². The first-order chi connectivity index (χ1) is 28.4. The van der Waals surface area contributed by atoms with Gasteiger partial charge in [-0.1, -0.05) is 153 Å². The summed E-state index contributed by atoms with van der Waals surface area (Å²) in [5.74, 6) is 0. The van der Waals surface area contributed by atoms with Gasteiger partial charge in [0.25, 0.3) is 0 Å². The lowest BCUT2D eigenvalue weighted by atomic mass is 10.1. The molecule has 0 aliphatic carbocycles. The monoisotopic (exact) mass is 784 g/mol. The molecule has 0 aliphatic rings. The van der Waals surface area contributed by atoms with Crippen LogP contribution >= 0.6 is 0 Å². The van der Waals surface area contributed by atoms with E-state index in [0.717, 1.165) is 75.5 Å². The van der Waals surface area contributed by atoms with Gasteiger partial charge in [-0.05, 0) is 81.0 Å². The molecule has 0 amide bonds. The highest BCUT2D eigenvalue weighted by atomic mass is 16.1. The van der Waals surface area contributed by atoms with Gasteiger partial charge in [0.05, 0.1) is 0 Å². The van der Waals surface area contributed by atoms with Crippen LogP contribution in [0, 0.1) is 0 Å². The van der Waals surface area contributed by atoms with Gasteiger partial charge < -0.3 is 15.0 Å². The van der Waals surface area contributed by atoms with Crippen molar-refractivity contribution >= 4 is 38.8 Å². The molecular weight excluding hydrogens is 715 g/mol. The first kappa shape index (κ1) is 45.7. The van der Waals surface area contributed by atoms with E-state index in [1.165, 1.54) is 103 Å². The van der Waals surface area contributed by atoms with Crippen LogP contribution in [0.1, 0.15) is 153 Å². The Labute approximate surface area is 346 Å². The van der Waals surface area contributed by atoms with Gasteiger partial charge in [0.1, 0.15) is 0 Å². The first-order valence-electron chi connectivity index (χ1n) is 22.4. The summed E-state index contributed by atoms with van der Waals surface area (Å²) in [6.45, 7) is 6.70. The molecule has 0 fully saturated rings. The number of H-pyrrole nitrogens is 3. The van der Waals surface area contributed by atoms with E-state index < -0.39 is 0 Å². The summed E-state index contributed by atoms with van der Waals surface area (Å²) in [7, 11) is 0. The fourth-order valence-corrected chi connectivity index (χ4v) is 7.35. The van der Waals surface area contributed by atoms with Crippen molar-refractivity contribution in [1.82, 2.24) is 15.0 Å². The number of allylic oxidation sites excluding steroid dienone is 1. The molecule has 0 spiro atoms. The summed E-state index contributed by atoms with van der Waals surface area (Å²) in [6, 6.07) is 28.3. The summed E-state index contributed by atoms with van der Waals surface area (Å²) >= 11 is 0. The van der Waals surface area contributed by atoms with E-state index in [1.807, 2.05) is 78.9 Å². The van der Waals surface area contributed by atoms with Crippen LogP contribution in [0.2, 0.25) is 0 Å². The summed E-state index contributed by atoms with van der Waals surface area (Å²) in [6.07, 6.45) is 29.1. The zero-order chi connectivity index (χ0) is 41.2. The van der Waals surface area contributed by atoms with E-state index in [4.69, 9.17) is 0 Å². The Balaban J connectivity index is 0.000000193. The summed E-state index contributed by atoms with van der Waals surface area (Å²) in [4.78, 5) is 45.9. The highest BCUT2D eigenvalue weighted by molar-refractivity contribution is 5.80. The highest BCUT2D eigenvalue weighted by Crippen LogP contribution is 2.14. The van der Waals surface area contributed by atoms with Gasteiger partial charge in [-0.25, -0.2) is 0 Å². The molecule has 0 bridgehead atoms. The Morgan fingerprint density at radius 1 is 0.414 bits per heavy atom. The third-order valence-electron chi connectivity index (χ3n) is 10.7. The molecule has 0 saturated carbocycles. The number of aromatic nitrogens is 3. The van der Waals surface area contributed by atoms with Gasteiger partial charge in [0.15, 0.2) is 16.3 Å². The molecule has 6 rings (SSSR count). The van der Waals surface area contributed by atoms with Gasteiger partial charge in [0.2, 0.25) is 0 Å². The number of nitrogens with one attached hydrogen (secondary N) is 3. The molecule has 310 valence electrons. The van der Waals surface area contributed by atoms with Crippen molar-refractivity contribution in [3.8, 4) is 0 Å². The van der Waals surface area contributed by atoms with Crippen LogP contribution in [0.5, 0.6) is 0 Å². The standard InChI is InChI=1S/C18H25NO.C18H23NO.C16H21NO/c2*1-2-3-4-5-6-7-8-11-15-14-18(20)16-12-9-10-13-17(16)19-15;1-2-3-4-5-6-9-13-12-16(18)14-10-7-8-11-15(14)17-13/h9-10,12-14H,2-8,11H2,1H3,(H,19,20);8-14H,2-7H2,1H3,(H,19,20);7-8,10-12H,2-6,9H2,1H3,(H,17,18)/b;11-8+;. The molecular formula is C52H69N3O3. The predicted octanol–water partition coefficient (Wildman–Crippen LogP) is 13.8. The molecule has 6 heteroatoms. The van der Waals surface area contributed by atoms with Gasteiger partial charge in [0, 0.05) is 68.0 Å². The summed E-state index contributed by atoms with van der Waals surface area (Å²) in [5, 5.41) is 2.33. The van der Waals surface area contributed by atoms with E-state index in [2.05, 4.69) is 41.8 Å². The number of hydrogen-bond acceptors (Lipinski definition) is 3. The molecule has 0 saturated heterocycles. The third-order valence-corrected chi connectivity index (χ3v) is 10.7. The quantitative estimate of drug-likeness (QED) is 0.0634. The van der Waals surface area contributed by atoms with Crippen molar-refractivity contribution < 1.29 is 0 Å². The van der Waals surface area contributed by atoms with Crippen LogP contribution in [0.4, 0.5) is 0 Å². The smallest absolute Gasteiger partial charge is 0.189 e. The van der Waals surface area contributed by atoms with E-state index in [0.29, 0.717) is 0 Å². The topological polar surface area (TPSA) is 98.6 Å². The third kappa shape index (κ3) is 16.1. The molecule has 6 nitrogen and oxygen atoms in total. The Kier molecular flexibility index (Phi) is 21.2. The van der Waals surface area contributed by atoms with Crippen molar-refractivity contribution in [2.45, 2.75) is 149 Å². The molecule has 58 heavy (non-hydrogen) atoms. The van der Waals surface area contributed by atoms with Crippen molar-refractivity contribution in [3.63, 3.8) is 0 Å². The lowest BCUT2D eigenvalue weighted by Crippen LogP contribution is -2.05. The second kappa shape index (κ2) is 26.9. The molecule has 0 radical (unpaired) electrons. The van der Waals surface area contributed by atoms with Crippen molar-refractivity contribution in [2.75, 3.05) is 0 Å². The average Bonchev–Trinajstić information content (AvgIpc) is 3.23. The Morgan fingerprint density at radius 3 is 1.22 bits per heavy atom. The van der Waals surface area contributed by atoms with E-state index in [9.17, 15) is 14.4 Å². The molecule has 6 aromatic rings. The number of unbranched alkanes of at least 4 members (excludes halogenated alkanes) is 15. The SMILES string of the molecule is CCCCCCC/C=C/c1cc(=O)c2ccccc2[nH]1.CCCCCCCCCc1cc(=O)c2ccccc2[nH]1.CCCCCCCc1cc(=O)c2ccccc2[nH]1. The molecule has 0 unspecified atom stereocenters. The van der Waals surface area contributed by atoms with Gasteiger partial charge >= 0.3 is 0 Å². The van der Waals surface area contributed by atoms with Gasteiger partial charge in [-0.2, -0.15) is 0 Å². The number of rotatable bonds is 21. The lowest BCUT2D eigenvalue weighted by molar-refractivity contribution is 0.587. The fraction of sp³-hybridized carbons (Fsp3) is 0.442. The zero-order valence-corrected chi connectivity index (χ0v) is 35.7. The van der Waals surface area contributed by atoms with E-state index in [1.54, 1.807) is 18.2 Å². The van der Waals surface area contributed by atoms with E-state index >= 15 is 0 Å². The predicted molar refractivity (Wildman–Crippen MR) is 250 cm³/mol. The minimum absolute atomic E-state index is 0.0851. The molecule has 0 aliphatic heterocycles. The summed E-state index contributed by atoms with van der Waals surface area (Å²) < 4.78 is 0. The maximum atomic E-state index is 12.0. The largest absolute Gasteiger partial charge is 0.358 e. The van der Waals surface area contributed by atoms with Gasteiger partial charge in [-0.3, -0.25) is 14.4 Å². The summed E-state index contributed by atoms with van der Waals surface area (Å²) in [5.41, 5.74) is 6.20. The molecule has 3 heterocycles. The van der Waals surface area contributed by atoms with Crippen molar-refractivity contribution in [3.05, 3.63) is 145 Å². The number of benzene rings is 3. The number of fused-ring (bicyclic) bond motifs is 3. The number of para-hydroxylation sites is 3. The zero-order valence-electron chi connectivity index (χ0n) is 35.7. The Bertz CT molecular complexity index is 2280. The lowest BCUT2D eigenvalue weighted by Gasteiger charge is -2.04. The number of aromatic amines is 3. The number of pyridine rings is 3.